The Morgan fingerprint density at radius 1 is 0.982 bits per heavy atom. The lowest BCUT2D eigenvalue weighted by Crippen LogP contribution is -2.82. The van der Waals surface area contributed by atoms with E-state index in [0.29, 0.717) is 69.3 Å². The van der Waals surface area contributed by atoms with Gasteiger partial charge in [-0.2, -0.15) is 0 Å². The summed E-state index contributed by atoms with van der Waals surface area (Å²) >= 11 is 0. The number of benzene rings is 2. The molecule has 6 aliphatic rings. The summed E-state index contributed by atoms with van der Waals surface area (Å²) in [7, 11) is 6.21. The number of hydrogen-bond acceptors (Lipinski definition) is 11. The van der Waals surface area contributed by atoms with Gasteiger partial charge in [-0.05, 0) is 80.7 Å². The van der Waals surface area contributed by atoms with Crippen molar-refractivity contribution in [1.82, 2.24) is 14.8 Å². The van der Waals surface area contributed by atoms with Crippen LogP contribution in [0.15, 0.2) is 48.6 Å². The highest BCUT2D eigenvalue weighted by Gasteiger charge is 2.77. The Kier molecular flexibility index (Phi) is 8.99. The fourth-order valence-corrected chi connectivity index (χ4v) is 13.4. The first-order valence-corrected chi connectivity index (χ1v) is 20.8. The van der Waals surface area contributed by atoms with Gasteiger partial charge in [0.2, 0.25) is 5.60 Å². The second-order valence-corrected chi connectivity index (χ2v) is 18.1. The molecule has 6 heterocycles. The van der Waals surface area contributed by atoms with Crippen molar-refractivity contribution in [2.24, 2.45) is 16.7 Å². The number of nitrogens with zero attached hydrogens (tertiary/aromatic N) is 3. The lowest BCUT2D eigenvalue weighted by Gasteiger charge is -2.67. The molecule has 0 amide bonds. The standard InChI is InChI=1S/C45H58N4O8/c1-7-41(53)22-27-23-44(39(51)56-5,35-30(14-18-48(25-27)26-41)29-12-9-10-13-32(29)46-35)31-20-28-24-43-16-19-49-17-11-15-42(8-2,36(43)49)38(50)45(54,40(52)57-6)37(43)47(3)33(28)21-34(31)55-4/h9-13,15,20-21,27,36-38,46,50,53-54H,7-8,14,16-19,22-26H2,1-6H3/t27?,36?,37?,38-,41?,42-,43?,44?,45+/m1/s1. The molecular formula is C45H58N4O8. The molecule has 4 N–H and O–H groups in total. The molecule has 2 aromatic carbocycles. The predicted octanol–water partition coefficient (Wildman–Crippen LogP) is 3.71. The molecule has 2 saturated heterocycles. The number of nitrogens with one attached hydrogen (secondary N) is 1. The van der Waals surface area contributed by atoms with Gasteiger partial charge in [0.15, 0.2) is 0 Å². The second-order valence-electron chi connectivity index (χ2n) is 18.1. The first kappa shape index (κ1) is 38.6. The lowest BCUT2D eigenvalue weighted by atomic mass is 9.46. The van der Waals surface area contributed by atoms with Gasteiger partial charge in [0.1, 0.15) is 17.3 Å². The maximum absolute atomic E-state index is 15.1. The zero-order valence-corrected chi connectivity index (χ0v) is 34.1. The van der Waals surface area contributed by atoms with E-state index in [1.165, 1.54) is 14.2 Å². The molecule has 7 unspecified atom stereocenters. The zero-order chi connectivity index (χ0) is 40.3. The molecule has 3 fully saturated rings. The van der Waals surface area contributed by atoms with Gasteiger partial charge in [-0.1, -0.05) is 44.2 Å². The van der Waals surface area contributed by atoms with Gasteiger partial charge in [0.05, 0.1) is 33.0 Å². The molecule has 0 radical (unpaired) electrons. The molecule has 57 heavy (non-hydrogen) atoms. The number of H-pyrrole nitrogens is 1. The molecule has 1 aliphatic carbocycles. The number of aromatic nitrogens is 1. The van der Waals surface area contributed by atoms with E-state index < -0.39 is 51.5 Å². The van der Waals surface area contributed by atoms with Crippen LogP contribution < -0.4 is 9.64 Å². The number of likely N-dealkylation sites (N-methyl/N-ethyl adjacent to an activating group) is 1. The Hall–Kier alpha value is -3.94. The average Bonchev–Trinajstić information content (AvgIpc) is 3.79. The Bertz CT molecular complexity index is 2150. The first-order chi connectivity index (χ1) is 27.3. The van der Waals surface area contributed by atoms with Crippen LogP contribution in [0.4, 0.5) is 5.69 Å². The van der Waals surface area contributed by atoms with Crippen molar-refractivity contribution in [3.05, 3.63) is 70.9 Å². The average molecular weight is 783 g/mol. The highest BCUT2D eigenvalue weighted by Crippen LogP contribution is 2.65. The van der Waals surface area contributed by atoms with Crippen molar-refractivity contribution in [3.63, 3.8) is 0 Å². The van der Waals surface area contributed by atoms with Crippen molar-refractivity contribution in [3.8, 4) is 5.75 Å². The smallest absolute Gasteiger partial charge is 0.342 e. The molecule has 1 aromatic heterocycles. The van der Waals surface area contributed by atoms with E-state index >= 15 is 4.79 Å². The molecular weight excluding hydrogens is 725 g/mol. The van der Waals surface area contributed by atoms with Crippen LogP contribution >= 0.6 is 0 Å². The van der Waals surface area contributed by atoms with Crippen LogP contribution in [-0.4, -0.2) is 133 Å². The normalized spacial score (nSPS) is 38.2. The van der Waals surface area contributed by atoms with Crippen LogP contribution in [0.5, 0.6) is 5.75 Å². The quantitative estimate of drug-likeness (QED) is 0.215. The number of hydrogen-bond donors (Lipinski definition) is 4. The van der Waals surface area contributed by atoms with Crippen LogP contribution in [0.2, 0.25) is 0 Å². The van der Waals surface area contributed by atoms with Gasteiger partial charge in [0.25, 0.3) is 0 Å². The van der Waals surface area contributed by atoms with Gasteiger partial charge in [-0.25, -0.2) is 4.79 Å². The summed E-state index contributed by atoms with van der Waals surface area (Å²) < 4.78 is 17.6. The van der Waals surface area contributed by atoms with Crippen molar-refractivity contribution >= 4 is 28.5 Å². The number of aromatic amines is 1. The summed E-state index contributed by atoms with van der Waals surface area (Å²) in [6.45, 7) is 7.57. The third-order valence-electron chi connectivity index (χ3n) is 15.6. The van der Waals surface area contributed by atoms with Crippen molar-refractivity contribution in [1.29, 1.82) is 0 Å². The van der Waals surface area contributed by atoms with E-state index in [0.717, 1.165) is 53.0 Å². The Morgan fingerprint density at radius 2 is 1.75 bits per heavy atom. The summed E-state index contributed by atoms with van der Waals surface area (Å²) in [5.74, 6) is -0.831. The Morgan fingerprint density at radius 3 is 2.47 bits per heavy atom. The third kappa shape index (κ3) is 5.03. The van der Waals surface area contributed by atoms with Gasteiger partial charge in [-0.3, -0.25) is 14.6 Å². The minimum Gasteiger partial charge on any atom is -0.496 e. The van der Waals surface area contributed by atoms with Crippen LogP contribution in [0.1, 0.15) is 68.3 Å². The molecule has 3 aromatic rings. The number of aliphatic hydroxyl groups excluding tert-OH is 1. The number of carbonyl (C=O) groups is 2. The van der Waals surface area contributed by atoms with Gasteiger partial charge in [0, 0.05) is 84.0 Å². The minimum absolute atomic E-state index is 0.0518. The summed E-state index contributed by atoms with van der Waals surface area (Å²) in [5, 5.41) is 38.2. The number of ether oxygens (including phenoxy) is 3. The number of fused-ring (bicyclic) bond motifs is 6. The van der Waals surface area contributed by atoms with Gasteiger partial charge in [-0.15, -0.1) is 0 Å². The van der Waals surface area contributed by atoms with Crippen LogP contribution in [0, 0.1) is 16.7 Å². The predicted molar refractivity (Wildman–Crippen MR) is 215 cm³/mol. The van der Waals surface area contributed by atoms with Crippen LogP contribution in [-0.2, 0) is 37.3 Å². The Labute approximate surface area is 334 Å². The number of piperidine rings is 1. The number of anilines is 1. The topological polar surface area (TPSA) is 148 Å². The fourth-order valence-electron chi connectivity index (χ4n) is 13.4. The van der Waals surface area contributed by atoms with Gasteiger partial charge < -0.3 is 39.4 Å². The molecule has 5 aliphatic heterocycles. The number of carbonyl (C=O) groups excluding carboxylic acids is 2. The maximum Gasteiger partial charge on any atom is 0.342 e. The lowest BCUT2D eigenvalue weighted by molar-refractivity contribution is -0.231. The summed E-state index contributed by atoms with van der Waals surface area (Å²) in [5.41, 5.74) is -0.889. The van der Waals surface area contributed by atoms with E-state index in [1.54, 1.807) is 7.11 Å². The molecule has 2 bridgehead atoms. The van der Waals surface area contributed by atoms with E-state index in [9.17, 15) is 20.1 Å². The zero-order valence-electron chi connectivity index (χ0n) is 34.1. The van der Waals surface area contributed by atoms with E-state index in [1.807, 2.05) is 50.1 Å². The minimum atomic E-state index is -2.25. The number of methoxy groups -OCH3 is 3. The summed E-state index contributed by atoms with van der Waals surface area (Å²) in [4.78, 5) is 39.6. The molecule has 1 spiro atoms. The highest BCUT2D eigenvalue weighted by molar-refractivity contribution is 5.94. The Balaban J connectivity index is 1.31. The second kappa shape index (κ2) is 13.3. The SMILES string of the molecule is CCC1(O)CC2CN(CCc3c([nH]c4ccccc34)C(C(=O)OC)(c3cc4c(cc3OC)N(C)C3C5(CCN6CC=C[C@](CC)(C65)[C@@H](O)[C@]3(O)C(=O)OC)C4)C2)C1. The van der Waals surface area contributed by atoms with Crippen molar-refractivity contribution in [2.45, 2.75) is 93.6 Å². The van der Waals surface area contributed by atoms with E-state index in [2.05, 4.69) is 39.1 Å². The monoisotopic (exact) mass is 782 g/mol. The van der Waals surface area contributed by atoms with Crippen LogP contribution in [0.25, 0.3) is 10.9 Å². The number of esters is 2. The van der Waals surface area contributed by atoms with Gasteiger partial charge >= 0.3 is 11.9 Å². The van der Waals surface area contributed by atoms with Crippen molar-refractivity contribution < 1.29 is 39.1 Å². The highest BCUT2D eigenvalue weighted by atomic mass is 16.5. The van der Waals surface area contributed by atoms with Crippen molar-refractivity contribution in [2.75, 3.05) is 66.0 Å². The fraction of sp³-hybridized carbons (Fsp3) is 0.600. The number of aliphatic hydroxyl groups is 3. The maximum atomic E-state index is 15.1. The molecule has 306 valence electrons. The molecule has 9 rings (SSSR count). The molecule has 12 heteroatoms. The van der Waals surface area contributed by atoms with E-state index in [-0.39, 0.29) is 12.0 Å². The summed E-state index contributed by atoms with van der Waals surface area (Å²) in [6.07, 6.45) is 6.57. The number of para-hydroxylation sites is 1. The first-order valence-electron chi connectivity index (χ1n) is 20.8. The molecule has 10 atom stereocenters. The van der Waals surface area contributed by atoms with E-state index in [4.69, 9.17) is 14.2 Å². The third-order valence-corrected chi connectivity index (χ3v) is 15.6. The largest absolute Gasteiger partial charge is 0.496 e. The summed E-state index contributed by atoms with van der Waals surface area (Å²) in [6, 6.07) is 11.3. The van der Waals surface area contributed by atoms with Crippen LogP contribution in [0.3, 0.4) is 0 Å². The number of rotatable bonds is 6. The molecule has 1 saturated carbocycles. The molecule has 12 nitrogen and oxygen atoms in total.